The van der Waals surface area contributed by atoms with Gasteiger partial charge >= 0.3 is 5.97 Å². The van der Waals surface area contributed by atoms with E-state index in [1.807, 2.05) is 0 Å². The number of imide groups is 1. The van der Waals surface area contributed by atoms with Gasteiger partial charge in [-0.25, -0.2) is 9.69 Å². The van der Waals surface area contributed by atoms with Crippen LogP contribution in [0.2, 0.25) is 0 Å². The van der Waals surface area contributed by atoms with E-state index in [2.05, 4.69) is 0 Å². The normalized spacial score (nSPS) is 10.3. The summed E-state index contributed by atoms with van der Waals surface area (Å²) >= 11 is 0. The molecule has 0 atom stereocenters. The summed E-state index contributed by atoms with van der Waals surface area (Å²) in [6, 6.07) is 11.1. The standard InChI is InChI=1S/C21H12N4O10/c26-19(15-6-1-2-7-16(15)21(28)29)22(12-4-3-5-13(10-12)23(30)31)20(27)17-9-8-14(24(32)33)11-18(17)25(34)35/h1-11H,(H,28,29). The van der Waals surface area contributed by atoms with Crippen molar-refractivity contribution in [3.63, 3.8) is 0 Å². The number of amides is 2. The molecule has 3 aromatic rings. The molecule has 1 N–H and O–H groups in total. The highest BCUT2D eigenvalue weighted by molar-refractivity contribution is 6.28. The lowest BCUT2D eigenvalue weighted by molar-refractivity contribution is -0.394. The van der Waals surface area contributed by atoms with Crippen LogP contribution in [-0.2, 0) is 0 Å². The van der Waals surface area contributed by atoms with Crippen molar-refractivity contribution >= 4 is 40.5 Å². The van der Waals surface area contributed by atoms with Gasteiger partial charge in [0.15, 0.2) is 0 Å². The van der Waals surface area contributed by atoms with Crippen LogP contribution in [0.4, 0.5) is 22.7 Å². The molecular weight excluding hydrogens is 468 g/mol. The number of non-ortho nitro benzene ring substituents is 2. The number of anilines is 1. The molecule has 0 spiro atoms. The molecule has 176 valence electrons. The number of hydrogen-bond donors (Lipinski definition) is 1. The second-order valence-electron chi connectivity index (χ2n) is 6.79. The minimum absolute atomic E-state index is 0.336. The Morgan fingerprint density at radius 1 is 0.657 bits per heavy atom. The molecule has 0 aliphatic carbocycles. The van der Waals surface area contributed by atoms with Crippen LogP contribution in [0.1, 0.15) is 31.1 Å². The van der Waals surface area contributed by atoms with Gasteiger partial charge in [0.2, 0.25) is 0 Å². The molecule has 3 aromatic carbocycles. The van der Waals surface area contributed by atoms with Crippen LogP contribution in [0, 0.1) is 30.3 Å². The summed E-state index contributed by atoms with van der Waals surface area (Å²) in [6.07, 6.45) is 0. The number of carbonyl (C=O) groups excluding carboxylic acids is 2. The van der Waals surface area contributed by atoms with E-state index in [-0.39, 0.29) is 5.69 Å². The van der Waals surface area contributed by atoms with E-state index in [0.29, 0.717) is 11.0 Å². The van der Waals surface area contributed by atoms with Crippen LogP contribution in [0.3, 0.4) is 0 Å². The Hall–Kier alpha value is -5.53. The van der Waals surface area contributed by atoms with E-state index in [9.17, 15) is 49.8 Å². The molecule has 0 aromatic heterocycles. The van der Waals surface area contributed by atoms with Crippen molar-refractivity contribution in [3.05, 3.63) is 114 Å². The van der Waals surface area contributed by atoms with E-state index < -0.39 is 66.3 Å². The van der Waals surface area contributed by atoms with Crippen molar-refractivity contribution in [2.75, 3.05) is 4.90 Å². The van der Waals surface area contributed by atoms with Crippen molar-refractivity contribution < 1.29 is 34.3 Å². The first-order chi connectivity index (χ1) is 16.5. The summed E-state index contributed by atoms with van der Waals surface area (Å²) in [5, 5.41) is 43.2. The summed E-state index contributed by atoms with van der Waals surface area (Å²) < 4.78 is 0. The average molecular weight is 480 g/mol. The van der Waals surface area contributed by atoms with E-state index in [1.54, 1.807) is 0 Å². The zero-order valence-electron chi connectivity index (χ0n) is 17.3. The van der Waals surface area contributed by atoms with Gasteiger partial charge in [0.05, 0.1) is 37.7 Å². The third kappa shape index (κ3) is 4.80. The molecule has 0 aliphatic heterocycles. The first-order valence-corrected chi connectivity index (χ1v) is 9.41. The highest BCUT2D eigenvalue weighted by atomic mass is 16.6. The molecule has 3 rings (SSSR count). The molecule has 35 heavy (non-hydrogen) atoms. The first-order valence-electron chi connectivity index (χ1n) is 9.41. The Labute approximate surface area is 194 Å². The number of nitro groups is 3. The maximum absolute atomic E-state index is 13.4. The zero-order valence-corrected chi connectivity index (χ0v) is 17.3. The largest absolute Gasteiger partial charge is 0.478 e. The van der Waals surface area contributed by atoms with Gasteiger partial charge in [-0.2, -0.15) is 0 Å². The molecule has 2 amide bonds. The quantitative estimate of drug-likeness (QED) is 0.295. The number of rotatable bonds is 7. The van der Waals surface area contributed by atoms with Crippen molar-refractivity contribution in [1.82, 2.24) is 0 Å². The molecule has 0 heterocycles. The summed E-state index contributed by atoms with van der Waals surface area (Å²) in [5.41, 5.74) is -4.34. The fourth-order valence-corrected chi connectivity index (χ4v) is 3.13. The summed E-state index contributed by atoms with van der Waals surface area (Å²) in [7, 11) is 0. The van der Waals surface area contributed by atoms with E-state index in [0.717, 1.165) is 48.5 Å². The minimum atomic E-state index is -1.51. The molecule has 14 heteroatoms. The van der Waals surface area contributed by atoms with E-state index in [4.69, 9.17) is 0 Å². The third-order valence-corrected chi connectivity index (χ3v) is 4.71. The second-order valence-corrected chi connectivity index (χ2v) is 6.79. The van der Waals surface area contributed by atoms with Crippen LogP contribution >= 0.6 is 0 Å². The number of nitro benzene ring substituents is 3. The van der Waals surface area contributed by atoms with Crippen molar-refractivity contribution in [1.29, 1.82) is 0 Å². The van der Waals surface area contributed by atoms with Crippen LogP contribution in [0.25, 0.3) is 0 Å². The maximum Gasteiger partial charge on any atom is 0.336 e. The Kier molecular flexibility index (Phi) is 6.57. The number of nitrogens with zero attached hydrogens (tertiary/aromatic N) is 4. The number of benzene rings is 3. The predicted octanol–water partition coefficient (Wildman–Crippen LogP) is 3.60. The number of aromatic carboxylic acids is 1. The van der Waals surface area contributed by atoms with Gasteiger partial charge < -0.3 is 5.11 Å². The first kappa shape index (κ1) is 24.1. The molecule has 0 saturated carbocycles. The molecule has 0 saturated heterocycles. The highest BCUT2D eigenvalue weighted by Gasteiger charge is 2.34. The Balaban J connectivity index is 2.27. The molecule has 0 unspecified atom stereocenters. The highest BCUT2D eigenvalue weighted by Crippen LogP contribution is 2.30. The lowest BCUT2D eigenvalue weighted by Crippen LogP contribution is -2.38. The van der Waals surface area contributed by atoms with Crippen LogP contribution < -0.4 is 4.90 Å². The van der Waals surface area contributed by atoms with E-state index in [1.165, 1.54) is 12.1 Å². The van der Waals surface area contributed by atoms with Gasteiger partial charge in [0.1, 0.15) is 5.56 Å². The predicted molar refractivity (Wildman–Crippen MR) is 117 cm³/mol. The van der Waals surface area contributed by atoms with Crippen LogP contribution in [-0.4, -0.2) is 37.7 Å². The number of carboxylic acids is 1. The summed E-state index contributed by atoms with van der Waals surface area (Å²) in [5.74, 6) is -4.12. The smallest absolute Gasteiger partial charge is 0.336 e. The van der Waals surface area contributed by atoms with Gasteiger partial charge in [-0.15, -0.1) is 0 Å². The van der Waals surface area contributed by atoms with Gasteiger partial charge in [-0.05, 0) is 24.3 Å². The monoisotopic (exact) mass is 480 g/mol. The molecule has 0 bridgehead atoms. The van der Waals surface area contributed by atoms with Crippen molar-refractivity contribution in [2.24, 2.45) is 0 Å². The van der Waals surface area contributed by atoms with E-state index >= 15 is 0 Å². The lowest BCUT2D eigenvalue weighted by atomic mass is 10.0. The second kappa shape index (κ2) is 9.53. The van der Waals surface area contributed by atoms with Crippen molar-refractivity contribution in [2.45, 2.75) is 0 Å². The number of carbonyl (C=O) groups is 3. The molecule has 14 nitrogen and oxygen atoms in total. The topological polar surface area (TPSA) is 204 Å². The molecule has 0 fully saturated rings. The molecular formula is C21H12N4O10. The lowest BCUT2D eigenvalue weighted by Gasteiger charge is -2.22. The van der Waals surface area contributed by atoms with Crippen LogP contribution in [0.15, 0.2) is 66.7 Å². The average Bonchev–Trinajstić information content (AvgIpc) is 2.83. The van der Waals surface area contributed by atoms with Crippen molar-refractivity contribution in [3.8, 4) is 0 Å². The Morgan fingerprint density at radius 2 is 1.23 bits per heavy atom. The number of carboxylic acid groups (broad SMARTS) is 1. The molecule has 0 radical (unpaired) electrons. The summed E-state index contributed by atoms with van der Waals surface area (Å²) in [6.45, 7) is 0. The van der Waals surface area contributed by atoms with Gasteiger partial charge in [0.25, 0.3) is 28.9 Å². The van der Waals surface area contributed by atoms with Gasteiger partial charge in [0, 0.05) is 18.2 Å². The SMILES string of the molecule is O=C(O)c1ccccc1C(=O)N(C(=O)c1ccc([N+](=O)[O-])cc1[N+](=O)[O-])c1cccc([N+](=O)[O-])c1. The van der Waals surface area contributed by atoms with Gasteiger partial charge in [-0.1, -0.05) is 18.2 Å². The summed E-state index contributed by atoms with van der Waals surface area (Å²) in [4.78, 5) is 69.8. The fraction of sp³-hybridized carbons (Fsp3) is 0. The Bertz CT molecular complexity index is 1420. The minimum Gasteiger partial charge on any atom is -0.478 e. The van der Waals surface area contributed by atoms with Gasteiger partial charge in [-0.3, -0.25) is 39.9 Å². The molecule has 0 aliphatic rings. The third-order valence-electron chi connectivity index (χ3n) is 4.71. The van der Waals surface area contributed by atoms with Crippen LogP contribution in [0.5, 0.6) is 0 Å². The number of hydrogen-bond acceptors (Lipinski definition) is 9. The zero-order chi connectivity index (χ0) is 25.9. The fourth-order valence-electron chi connectivity index (χ4n) is 3.13. The Morgan fingerprint density at radius 3 is 1.80 bits per heavy atom. The maximum atomic E-state index is 13.4.